The van der Waals surface area contributed by atoms with Crippen molar-refractivity contribution in [3.63, 3.8) is 0 Å². The van der Waals surface area contributed by atoms with Crippen molar-refractivity contribution < 1.29 is 4.42 Å². The zero-order chi connectivity index (χ0) is 11.2. The first-order valence-electron chi connectivity index (χ1n) is 5.09. The minimum Gasteiger partial charge on any atom is -0.440 e. The number of nitrogens with zero attached hydrogens (tertiary/aromatic N) is 2. The molecule has 2 heterocycles. The molecule has 0 atom stereocenters. The quantitative estimate of drug-likeness (QED) is 0.807. The molecule has 0 saturated carbocycles. The molecule has 0 bridgehead atoms. The summed E-state index contributed by atoms with van der Waals surface area (Å²) in [6, 6.07) is 4.00. The molecular formula is C11H13N3OS. The lowest BCUT2D eigenvalue weighted by atomic mass is 10.3. The highest BCUT2D eigenvalue weighted by Crippen LogP contribution is 2.20. The van der Waals surface area contributed by atoms with Gasteiger partial charge < -0.3 is 9.73 Å². The lowest BCUT2D eigenvalue weighted by Gasteiger charge is -2.04. The second-order valence-electron chi connectivity index (χ2n) is 3.15. The average Bonchev–Trinajstić information content (AvgIpc) is 2.80. The Labute approximate surface area is 98.5 Å². The summed E-state index contributed by atoms with van der Waals surface area (Å²) in [7, 11) is 0. The first-order valence-corrected chi connectivity index (χ1v) is 6.08. The molecule has 0 fully saturated rings. The first kappa shape index (κ1) is 11.0. The van der Waals surface area contributed by atoms with Gasteiger partial charge in [-0.1, -0.05) is 11.8 Å². The molecule has 0 amide bonds. The van der Waals surface area contributed by atoms with E-state index in [2.05, 4.69) is 22.2 Å². The fourth-order valence-electron chi connectivity index (χ4n) is 1.29. The smallest absolute Gasteiger partial charge is 0.255 e. The van der Waals surface area contributed by atoms with Crippen molar-refractivity contribution in [2.24, 2.45) is 0 Å². The van der Waals surface area contributed by atoms with E-state index in [1.165, 1.54) is 11.8 Å². The third-order valence-corrected chi connectivity index (χ3v) is 2.84. The molecule has 0 saturated heterocycles. The SMILES string of the molecule is CCNc1ccnc(CSc2ncco2)c1. The van der Waals surface area contributed by atoms with Crippen LogP contribution in [0.1, 0.15) is 12.6 Å². The molecule has 0 radical (unpaired) electrons. The van der Waals surface area contributed by atoms with E-state index in [0.29, 0.717) is 5.22 Å². The molecule has 84 valence electrons. The average molecular weight is 235 g/mol. The Kier molecular flexibility index (Phi) is 3.82. The van der Waals surface area contributed by atoms with E-state index in [4.69, 9.17) is 4.42 Å². The van der Waals surface area contributed by atoms with Crippen LogP contribution >= 0.6 is 11.8 Å². The molecule has 0 aliphatic heterocycles. The van der Waals surface area contributed by atoms with Crippen LogP contribution in [0.4, 0.5) is 5.69 Å². The number of nitrogens with one attached hydrogen (secondary N) is 1. The molecule has 0 aliphatic carbocycles. The molecule has 0 unspecified atom stereocenters. The van der Waals surface area contributed by atoms with Gasteiger partial charge >= 0.3 is 0 Å². The zero-order valence-electron chi connectivity index (χ0n) is 9.01. The van der Waals surface area contributed by atoms with Crippen LogP contribution in [0, 0.1) is 0 Å². The number of aromatic nitrogens is 2. The predicted octanol–water partition coefficient (Wildman–Crippen LogP) is 2.79. The van der Waals surface area contributed by atoms with Crippen LogP contribution < -0.4 is 5.32 Å². The Morgan fingerprint density at radius 3 is 3.06 bits per heavy atom. The highest BCUT2D eigenvalue weighted by Gasteiger charge is 2.01. The molecule has 2 aromatic heterocycles. The summed E-state index contributed by atoms with van der Waals surface area (Å²) in [6.07, 6.45) is 5.03. The van der Waals surface area contributed by atoms with Crippen LogP contribution in [0.5, 0.6) is 0 Å². The third kappa shape index (κ3) is 3.00. The van der Waals surface area contributed by atoms with Crippen LogP contribution in [0.3, 0.4) is 0 Å². The lowest BCUT2D eigenvalue weighted by Crippen LogP contribution is -1.97. The normalized spacial score (nSPS) is 10.3. The zero-order valence-corrected chi connectivity index (χ0v) is 9.83. The monoisotopic (exact) mass is 235 g/mol. The van der Waals surface area contributed by atoms with Gasteiger partial charge in [0.25, 0.3) is 5.22 Å². The lowest BCUT2D eigenvalue weighted by molar-refractivity contribution is 0.454. The number of pyridine rings is 1. The largest absolute Gasteiger partial charge is 0.440 e. The second kappa shape index (κ2) is 5.55. The van der Waals surface area contributed by atoms with Crippen LogP contribution in [-0.2, 0) is 5.75 Å². The maximum absolute atomic E-state index is 5.14. The van der Waals surface area contributed by atoms with Crippen molar-refractivity contribution in [2.75, 3.05) is 11.9 Å². The summed E-state index contributed by atoms with van der Waals surface area (Å²) in [5.74, 6) is 0.764. The van der Waals surface area contributed by atoms with Crippen molar-refractivity contribution in [1.29, 1.82) is 0 Å². The highest BCUT2D eigenvalue weighted by atomic mass is 32.2. The van der Waals surface area contributed by atoms with Crippen molar-refractivity contribution >= 4 is 17.4 Å². The van der Waals surface area contributed by atoms with Crippen LogP contribution in [0.15, 0.2) is 40.4 Å². The number of rotatable bonds is 5. The van der Waals surface area contributed by atoms with Gasteiger partial charge in [-0.3, -0.25) is 4.98 Å². The minimum atomic E-state index is 0.677. The Morgan fingerprint density at radius 2 is 2.31 bits per heavy atom. The number of thioether (sulfide) groups is 1. The van der Waals surface area contributed by atoms with E-state index < -0.39 is 0 Å². The standard InChI is InChI=1S/C11H13N3OS/c1-2-12-9-3-4-13-10(7-9)8-16-11-14-5-6-15-11/h3-7H,2,8H2,1H3,(H,12,13). The minimum absolute atomic E-state index is 0.677. The summed E-state index contributed by atoms with van der Waals surface area (Å²) in [5.41, 5.74) is 2.11. The number of anilines is 1. The van der Waals surface area contributed by atoms with E-state index in [9.17, 15) is 0 Å². The van der Waals surface area contributed by atoms with Crippen molar-refractivity contribution in [3.8, 4) is 0 Å². The van der Waals surface area contributed by atoms with Gasteiger partial charge in [0, 0.05) is 24.2 Å². The summed E-state index contributed by atoms with van der Waals surface area (Å²) >= 11 is 1.54. The second-order valence-corrected chi connectivity index (χ2v) is 4.08. The molecule has 0 spiro atoms. The number of oxazole rings is 1. The van der Waals surface area contributed by atoms with E-state index in [1.54, 1.807) is 12.5 Å². The van der Waals surface area contributed by atoms with Gasteiger partial charge in [-0.2, -0.15) is 0 Å². The third-order valence-electron chi connectivity index (χ3n) is 1.95. The molecule has 1 N–H and O–H groups in total. The topological polar surface area (TPSA) is 51.0 Å². The first-order chi connectivity index (χ1) is 7.88. The fraction of sp³-hybridized carbons (Fsp3) is 0.273. The maximum atomic E-state index is 5.14. The summed E-state index contributed by atoms with van der Waals surface area (Å²) in [5, 5.41) is 3.93. The Bertz CT molecular complexity index is 431. The Hall–Kier alpha value is -1.49. The molecule has 0 aromatic carbocycles. The van der Waals surface area contributed by atoms with Gasteiger partial charge in [0.1, 0.15) is 6.26 Å². The molecule has 16 heavy (non-hydrogen) atoms. The fourth-order valence-corrected chi connectivity index (χ4v) is 1.98. The van der Waals surface area contributed by atoms with E-state index in [-0.39, 0.29) is 0 Å². The predicted molar refractivity (Wildman–Crippen MR) is 64.5 cm³/mol. The summed E-state index contributed by atoms with van der Waals surface area (Å²) in [6.45, 7) is 2.98. The van der Waals surface area contributed by atoms with Crippen molar-refractivity contribution in [2.45, 2.75) is 17.9 Å². The van der Waals surface area contributed by atoms with E-state index >= 15 is 0 Å². The van der Waals surface area contributed by atoms with Crippen LogP contribution in [0.2, 0.25) is 0 Å². The van der Waals surface area contributed by atoms with Crippen molar-refractivity contribution in [1.82, 2.24) is 9.97 Å². The van der Waals surface area contributed by atoms with Gasteiger partial charge in [0.05, 0.1) is 11.9 Å². The number of hydrogen-bond acceptors (Lipinski definition) is 5. The van der Waals surface area contributed by atoms with Gasteiger partial charge in [-0.15, -0.1) is 0 Å². The van der Waals surface area contributed by atoms with E-state index in [0.717, 1.165) is 23.7 Å². The molecule has 4 nitrogen and oxygen atoms in total. The Morgan fingerprint density at radius 1 is 1.38 bits per heavy atom. The maximum Gasteiger partial charge on any atom is 0.255 e. The van der Waals surface area contributed by atoms with Gasteiger partial charge in [-0.25, -0.2) is 4.98 Å². The van der Waals surface area contributed by atoms with Crippen molar-refractivity contribution in [3.05, 3.63) is 36.5 Å². The summed E-state index contributed by atoms with van der Waals surface area (Å²) in [4.78, 5) is 8.33. The van der Waals surface area contributed by atoms with E-state index in [1.807, 2.05) is 18.3 Å². The molecular weight excluding hydrogens is 222 g/mol. The Balaban J connectivity index is 1.96. The van der Waals surface area contributed by atoms with Gasteiger partial charge in [0.2, 0.25) is 0 Å². The van der Waals surface area contributed by atoms with Gasteiger partial charge in [-0.05, 0) is 19.1 Å². The number of hydrogen-bond donors (Lipinski definition) is 1. The molecule has 5 heteroatoms. The molecule has 2 aromatic rings. The summed E-state index contributed by atoms with van der Waals surface area (Å²) < 4.78 is 5.14. The van der Waals surface area contributed by atoms with Crippen LogP contribution in [0.25, 0.3) is 0 Å². The highest BCUT2D eigenvalue weighted by molar-refractivity contribution is 7.98. The van der Waals surface area contributed by atoms with Crippen LogP contribution in [-0.4, -0.2) is 16.5 Å². The van der Waals surface area contributed by atoms with Gasteiger partial charge in [0.15, 0.2) is 0 Å². The molecule has 0 aliphatic rings. The molecule has 2 rings (SSSR count).